The van der Waals surface area contributed by atoms with Crippen LogP contribution in [0.2, 0.25) is 0 Å². The minimum Gasteiger partial charge on any atom is -0.461 e. The first-order chi connectivity index (χ1) is 10.5. The van der Waals surface area contributed by atoms with E-state index in [4.69, 9.17) is 15.7 Å². The van der Waals surface area contributed by atoms with Crippen molar-refractivity contribution in [3.8, 4) is 0 Å². The predicted octanol–water partition coefficient (Wildman–Crippen LogP) is 1.97. The molecule has 1 aromatic carbocycles. The summed E-state index contributed by atoms with van der Waals surface area (Å²) >= 11 is 3.38. The number of nitrogens with zero attached hydrogens (tertiary/aromatic N) is 3. The fourth-order valence-electron chi connectivity index (χ4n) is 1.87. The molecule has 0 spiro atoms. The number of nitrogens with two attached hydrogens (primary N) is 1. The van der Waals surface area contributed by atoms with Crippen LogP contribution in [0.25, 0.3) is 0 Å². The summed E-state index contributed by atoms with van der Waals surface area (Å²) in [7, 11) is 0. The standard InChI is InChI=1S/C14H15BrN4O3/c1-2-22-14(20)12-5-6-19(17-12)8-9-3-4-10(11(15)7-9)13(16)18-21/h3-7,21H,2,8H2,1H3,(H2,16,18). The number of carbonyl (C=O) groups excluding carboxylic acids is 1. The minimum absolute atomic E-state index is 0.0297. The third kappa shape index (κ3) is 3.64. The summed E-state index contributed by atoms with van der Waals surface area (Å²) in [5.41, 5.74) is 7.38. The van der Waals surface area contributed by atoms with E-state index >= 15 is 0 Å². The van der Waals surface area contributed by atoms with Gasteiger partial charge in [0.2, 0.25) is 0 Å². The first-order valence-corrected chi connectivity index (χ1v) is 7.31. The molecule has 1 heterocycles. The fraction of sp³-hybridized carbons (Fsp3) is 0.214. The molecular weight excluding hydrogens is 352 g/mol. The second-order valence-corrected chi connectivity index (χ2v) is 5.27. The highest BCUT2D eigenvalue weighted by Crippen LogP contribution is 2.19. The number of amidine groups is 1. The SMILES string of the molecule is CCOC(=O)c1ccn(Cc2ccc(/C(N)=N/O)c(Br)c2)n1. The molecule has 0 aliphatic heterocycles. The normalized spacial score (nSPS) is 11.5. The van der Waals surface area contributed by atoms with Crippen LogP contribution in [-0.2, 0) is 11.3 Å². The molecule has 0 saturated heterocycles. The van der Waals surface area contributed by atoms with Gasteiger partial charge in [0.05, 0.1) is 13.2 Å². The number of hydrogen-bond donors (Lipinski definition) is 2. The Hall–Kier alpha value is -2.35. The highest BCUT2D eigenvalue weighted by atomic mass is 79.9. The highest BCUT2D eigenvalue weighted by molar-refractivity contribution is 9.10. The van der Waals surface area contributed by atoms with Crippen LogP contribution in [0.1, 0.15) is 28.5 Å². The van der Waals surface area contributed by atoms with Gasteiger partial charge in [0.25, 0.3) is 0 Å². The Kier molecular flexibility index (Phi) is 5.16. The molecule has 0 unspecified atom stereocenters. The van der Waals surface area contributed by atoms with Crippen molar-refractivity contribution in [2.24, 2.45) is 10.9 Å². The first kappa shape index (κ1) is 16.0. The van der Waals surface area contributed by atoms with E-state index in [2.05, 4.69) is 26.2 Å². The van der Waals surface area contributed by atoms with Crippen LogP contribution in [0, 0.1) is 0 Å². The lowest BCUT2D eigenvalue weighted by Crippen LogP contribution is -2.14. The molecule has 7 nitrogen and oxygen atoms in total. The van der Waals surface area contributed by atoms with Crippen molar-refractivity contribution >= 4 is 27.7 Å². The second kappa shape index (κ2) is 7.08. The molecule has 0 radical (unpaired) electrons. The van der Waals surface area contributed by atoms with E-state index in [0.29, 0.717) is 23.2 Å². The Morgan fingerprint density at radius 2 is 2.27 bits per heavy atom. The van der Waals surface area contributed by atoms with E-state index in [1.807, 2.05) is 12.1 Å². The monoisotopic (exact) mass is 366 g/mol. The van der Waals surface area contributed by atoms with Crippen molar-refractivity contribution in [1.82, 2.24) is 9.78 Å². The molecule has 1 aromatic heterocycles. The third-order valence-electron chi connectivity index (χ3n) is 2.89. The minimum atomic E-state index is -0.440. The van der Waals surface area contributed by atoms with E-state index in [0.717, 1.165) is 5.56 Å². The van der Waals surface area contributed by atoms with E-state index in [9.17, 15) is 4.79 Å². The van der Waals surface area contributed by atoms with Crippen LogP contribution in [0.15, 0.2) is 40.1 Å². The summed E-state index contributed by atoms with van der Waals surface area (Å²) < 4.78 is 7.23. The van der Waals surface area contributed by atoms with E-state index < -0.39 is 5.97 Å². The Morgan fingerprint density at radius 1 is 1.50 bits per heavy atom. The quantitative estimate of drug-likeness (QED) is 0.277. The molecule has 0 bridgehead atoms. The Labute approximate surface area is 135 Å². The lowest BCUT2D eigenvalue weighted by atomic mass is 10.1. The molecule has 0 fully saturated rings. The smallest absolute Gasteiger partial charge is 0.358 e. The van der Waals surface area contributed by atoms with Gasteiger partial charge in [0, 0.05) is 16.2 Å². The van der Waals surface area contributed by atoms with Crippen molar-refractivity contribution in [3.63, 3.8) is 0 Å². The fourth-order valence-corrected chi connectivity index (χ4v) is 2.50. The number of rotatable bonds is 5. The maximum Gasteiger partial charge on any atom is 0.358 e. The number of oxime groups is 1. The molecule has 0 amide bonds. The summed E-state index contributed by atoms with van der Waals surface area (Å²) in [6.45, 7) is 2.54. The second-order valence-electron chi connectivity index (χ2n) is 4.42. The first-order valence-electron chi connectivity index (χ1n) is 6.52. The van der Waals surface area contributed by atoms with Crippen molar-refractivity contribution in [1.29, 1.82) is 0 Å². The summed E-state index contributed by atoms with van der Waals surface area (Å²) in [5.74, 6) is -0.410. The van der Waals surface area contributed by atoms with Crippen LogP contribution in [0.5, 0.6) is 0 Å². The topological polar surface area (TPSA) is 103 Å². The van der Waals surface area contributed by atoms with Crippen molar-refractivity contribution in [3.05, 3.63) is 51.8 Å². The largest absolute Gasteiger partial charge is 0.461 e. The molecule has 8 heteroatoms. The van der Waals surface area contributed by atoms with Crippen LogP contribution < -0.4 is 5.73 Å². The number of ether oxygens (including phenoxy) is 1. The van der Waals surface area contributed by atoms with E-state index in [1.165, 1.54) is 0 Å². The third-order valence-corrected chi connectivity index (χ3v) is 3.54. The molecule has 2 aromatic rings. The Balaban J connectivity index is 2.15. The highest BCUT2D eigenvalue weighted by Gasteiger charge is 2.11. The van der Waals surface area contributed by atoms with E-state index in [1.54, 1.807) is 29.9 Å². The summed E-state index contributed by atoms with van der Waals surface area (Å²) in [4.78, 5) is 11.6. The Bertz CT molecular complexity index is 712. The molecule has 2 rings (SSSR count). The molecular formula is C14H15BrN4O3. The van der Waals surface area contributed by atoms with Gasteiger partial charge in [-0.3, -0.25) is 4.68 Å². The number of aromatic nitrogens is 2. The van der Waals surface area contributed by atoms with Crippen molar-refractivity contribution in [2.75, 3.05) is 6.61 Å². The molecule has 22 heavy (non-hydrogen) atoms. The molecule has 116 valence electrons. The van der Waals surface area contributed by atoms with Gasteiger partial charge in [0.15, 0.2) is 11.5 Å². The van der Waals surface area contributed by atoms with E-state index in [-0.39, 0.29) is 11.5 Å². The maximum absolute atomic E-state index is 11.6. The lowest BCUT2D eigenvalue weighted by molar-refractivity contribution is 0.0518. The zero-order valence-electron chi connectivity index (χ0n) is 11.9. The van der Waals surface area contributed by atoms with Gasteiger partial charge in [-0.1, -0.05) is 27.2 Å². The number of carbonyl (C=O) groups is 1. The zero-order chi connectivity index (χ0) is 16.1. The van der Waals surface area contributed by atoms with Gasteiger partial charge in [-0.2, -0.15) is 5.10 Å². The van der Waals surface area contributed by atoms with Crippen LogP contribution >= 0.6 is 15.9 Å². The summed E-state index contributed by atoms with van der Waals surface area (Å²) in [6, 6.07) is 7.03. The molecule has 0 aliphatic rings. The van der Waals surface area contributed by atoms with Gasteiger partial charge in [-0.25, -0.2) is 4.79 Å². The number of hydrogen-bond acceptors (Lipinski definition) is 5. The van der Waals surface area contributed by atoms with Crippen molar-refractivity contribution in [2.45, 2.75) is 13.5 Å². The predicted molar refractivity (Wildman–Crippen MR) is 83.9 cm³/mol. The molecule has 0 atom stereocenters. The average molecular weight is 367 g/mol. The van der Waals surface area contributed by atoms with Gasteiger partial charge in [-0.15, -0.1) is 0 Å². The van der Waals surface area contributed by atoms with Gasteiger partial charge in [0.1, 0.15) is 0 Å². The Morgan fingerprint density at radius 3 is 2.91 bits per heavy atom. The molecule has 0 saturated carbocycles. The summed E-state index contributed by atoms with van der Waals surface area (Å²) in [6.07, 6.45) is 1.71. The zero-order valence-corrected chi connectivity index (χ0v) is 13.4. The average Bonchev–Trinajstić information content (AvgIpc) is 2.95. The van der Waals surface area contributed by atoms with Gasteiger partial charge >= 0.3 is 5.97 Å². The summed E-state index contributed by atoms with van der Waals surface area (Å²) in [5, 5.41) is 15.8. The number of esters is 1. The molecule has 0 aliphatic carbocycles. The lowest BCUT2D eigenvalue weighted by Gasteiger charge is -2.06. The van der Waals surface area contributed by atoms with Crippen molar-refractivity contribution < 1.29 is 14.7 Å². The maximum atomic E-state index is 11.6. The molecule has 3 N–H and O–H groups in total. The van der Waals surface area contributed by atoms with Crippen LogP contribution in [0.3, 0.4) is 0 Å². The van der Waals surface area contributed by atoms with Gasteiger partial charge in [-0.05, 0) is 30.7 Å². The number of benzene rings is 1. The number of halogens is 1. The van der Waals surface area contributed by atoms with Crippen LogP contribution in [-0.4, -0.2) is 33.4 Å². The van der Waals surface area contributed by atoms with Gasteiger partial charge < -0.3 is 15.7 Å². The van der Waals surface area contributed by atoms with Crippen LogP contribution in [0.4, 0.5) is 0 Å².